The van der Waals surface area contributed by atoms with Gasteiger partial charge in [-0.25, -0.2) is 9.59 Å². The van der Waals surface area contributed by atoms with E-state index in [4.69, 9.17) is 37.4 Å². The summed E-state index contributed by atoms with van der Waals surface area (Å²) in [4.78, 5) is 38.2. The highest BCUT2D eigenvalue weighted by Crippen LogP contribution is 2.43. The monoisotopic (exact) mass is 497 g/mol. The van der Waals surface area contributed by atoms with Crippen molar-refractivity contribution in [3.8, 4) is 0 Å². The van der Waals surface area contributed by atoms with Gasteiger partial charge in [0.05, 0.1) is 38.6 Å². The van der Waals surface area contributed by atoms with Crippen LogP contribution in [-0.2, 0) is 28.6 Å². The van der Waals surface area contributed by atoms with Crippen LogP contribution in [0.5, 0.6) is 0 Å². The van der Waals surface area contributed by atoms with Crippen LogP contribution in [0.4, 0.5) is 0 Å². The lowest BCUT2D eigenvalue weighted by Crippen LogP contribution is -2.33. The summed E-state index contributed by atoms with van der Waals surface area (Å²) in [5, 5.41) is 3.52. The highest BCUT2D eigenvalue weighted by molar-refractivity contribution is 6.42. The van der Waals surface area contributed by atoms with Crippen molar-refractivity contribution in [1.29, 1.82) is 0 Å². The third-order valence-electron chi connectivity index (χ3n) is 4.83. The lowest BCUT2D eigenvalue weighted by molar-refractivity contribution is -0.171. The van der Waals surface area contributed by atoms with Crippen LogP contribution >= 0.6 is 23.2 Å². The van der Waals surface area contributed by atoms with E-state index in [2.05, 4.69) is 5.32 Å². The van der Waals surface area contributed by atoms with E-state index in [9.17, 15) is 14.4 Å². The van der Waals surface area contributed by atoms with Crippen LogP contribution in [0.1, 0.15) is 59.9 Å². The Hall–Kier alpha value is -2.51. The molecule has 0 radical (unpaired) electrons. The lowest BCUT2D eigenvalue weighted by Gasteiger charge is -2.31. The maximum Gasteiger partial charge on any atom is 0.339 e. The molecule has 1 aromatic carbocycles. The van der Waals surface area contributed by atoms with Gasteiger partial charge in [-0.15, -0.1) is 0 Å². The minimum atomic E-state index is -0.908. The van der Waals surface area contributed by atoms with E-state index in [-0.39, 0.29) is 27.3 Å². The molecule has 0 aliphatic carbocycles. The summed E-state index contributed by atoms with van der Waals surface area (Å²) in [5.41, 5.74) is 0.998. The Balaban J connectivity index is 2.49. The first-order valence-corrected chi connectivity index (χ1v) is 11.2. The molecule has 0 saturated carbocycles. The van der Waals surface area contributed by atoms with Gasteiger partial charge in [-0.3, -0.25) is 4.79 Å². The highest BCUT2D eigenvalue weighted by atomic mass is 35.5. The SMILES string of the molecule is CC1=C(C(=O)OCOC(=O)C(C)(C)C)[C@H](c2cccc(Cl)c2Cl)C(C(=O)OC(C)C)=C(C)N1. The first-order chi connectivity index (χ1) is 15.3. The predicted octanol–water partition coefficient (Wildman–Crippen LogP) is 5.27. The zero-order valence-electron chi connectivity index (χ0n) is 19.8. The van der Waals surface area contributed by atoms with Crippen molar-refractivity contribution in [1.82, 2.24) is 5.32 Å². The second-order valence-corrected chi connectivity index (χ2v) is 9.75. The van der Waals surface area contributed by atoms with Gasteiger partial charge >= 0.3 is 17.9 Å². The first-order valence-electron chi connectivity index (χ1n) is 10.4. The third-order valence-corrected chi connectivity index (χ3v) is 5.66. The van der Waals surface area contributed by atoms with Crippen LogP contribution in [0.25, 0.3) is 0 Å². The number of dihydropyridines is 1. The number of rotatable bonds is 6. The summed E-state index contributed by atoms with van der Waals surface area (Å²) in [6, 6.07) is 4.97. The van der Waals surface area contributed by atoms with Gasteiger partial charge in [0.15, 0.2) is 0 Å². The van der Waals surface area contributed by atoms with Crippen molar-refractivity contribution in [3.63, 3.8) is 0 Å². The van der Waals surface area contributed by atoms with E-state index in [1.807, 2.05) is 0 Å². The maximum atomic E-state index is 13.2. The van der Waals surface area contributed by atoms with E-state index in [1.54, 1.807) is 66.7 Å². The zero-order valence-corrected chi connectivity index (χ0v) is 21.3. The quantitative estimate of drug-likeness (QED) is 0.422. The van der Waals surface area contributed by atoms with Gasteiger partial charge in [0.2, 0.25) is 6.79 Å². The predicted molar refractivity (Wildman–Crippen MR) is 125 cm³/mol. The van der Waals surface area contributed by atoms with Crippen LogP contribution in [0.2, 0.25) is 10.0 Å². The fraction of sp³-hybridized carbons (Fsp3) is 0.458. The molecule has 33 heavy (non-hydrogen) atoms. The summed E-state index contributed by atoms with van der Waals surface area (Å²) in [5.74, 6) is -2.80. The van der Waals surface area contributed by atoms with Crippen molar-refractivity contribution < 1.29 is 28.6 Å². The molecule has 1 aliphatic heterocycles. The molecule has 1 atom stereocenters. The van der Waals surface area contributed by atoms with E-state index >= 15 is 0 Å². The lowest BCUT2D eigenvalue weighted by atomic mass is 9.80. The molecule has 0 aromatic heterocycles. The van der Waals surface area contributed by atoms with Gasteiger partial charge < -0.3 is 19.5 Å². The van der Waals surface area contributed by atoms with E-state index in [1.165, 1.54) is 0 Å². The number of hydrogen-bond acceptors (Lipinski definition) is 7. The number of benzene rings is 1. The molecule has 1 aliphatic rings. The highest BCUT2D eigenvalue weighted by Gasteiger charge is 2.39. The molecule has 0 fully saturated rings. The number of ether oxygens (including phenoxy) is 3. The largest absolute Gasteiger partial charge is 0.460 e. The molecule has 1 aromatic rings. The molecule has 0 unspecified atom stereocenters. The average molecular weight is 498 g/mol. The number of carbonyl (C=O) groups excluding carboxylic acids is 3. The Labute approximate surface area is 204 Å². The molecule has 7 nitrogen and oxygen atoms in total. The van der Waals surface area contributed by atoms with E-state index in [0.717, 1.165) is 0 Å². The Morgan fingerprint density at radius 1 is 1.00 bits per heavy atom. The van der Waals surface area contributed by atoms with Crippen LogP contribution in [0.15, 0.2) is 40.7 Å². The van der Waals surface area contributed by atoms with Crippen LogP contribution in [-0.4, -0.2) is 30.8 Å². The summed E-state index contributed by atoms with van der Waals surface area (Å²) in [6.07, 6.45) is -0.382. The smallest absolute Gasteiger partial charge is 0.339 e. The minimum absolute atomic E-state index is 0.132. The van der Waals surface area contributed by atoms with Crippen molar-refractivity contribution >= 4 is 41.1 Å². The van der Waals surface area contributed by atoms with Gasteiger partial charge in [-0.2, -0.15) is 0 Å². The molecule has 0 amide bonds. The molecule has 0 bridgehead atoms. The maximum absolute atomic E-state index is 13.2. The van der Waals surface area contributed by atoms with Crippen molar-refractivity contribution in [2.24, 2.45) is 5.41 Å². The molecular weight excluding hydrogens is 469 g/mol. The van der Waals surface area contributed by atoms with Gasteiger partial charge in [0, 0.05) is 11.4 Å². The van der Waals surface area contributed by atoms with Crippen molar-refractivity contribution in [2.75, 3.05) is 6.79 Å². The summed E-state index contributed by atoms with van der Waals surface area (Å²) < 4.78 is 15.8. The Kier molecular flexibility index (Phi) is 8.60. The fourth-order valence-corrected chi connectivity index (χ4v) is 3.71. The van der Waals surface area contributed by atoms with Crippen LogP contribution in [0, 0.1) is 5.41 Å². The molecule has 180 valence electrons. The number of halogens is 2. The van der Waals surface area contributed by atoms with Gasteiger partial charge in [-0.05, 0) is 60.1 Å². The molecule has 0 spiro atoms. The van der Waals surface area contributed by atoms with Crippen molar-refractivity contribution in [2.45, 2.75) is 60.5 Å². The number of allylic oxidation sites excluding steroid dienone is 2. The Bertz CT molecular complexity index is 1020. The summed E-state index contributed by atoms with van der Waals surface area (Å²) in [7, 11) is 0. The molecular formula is C24H29Cl2NO6. The standard InChI is InChI=1S/C24H29Cl2NO6/c1-12(2)33-22(29)18-14(4)27-13(3)17(19(18)15-9-8-10-16(25)20(15)26)21(28)31-11-32-23(30)24(5,6)7/h8-10,12,19,27H,11H2,1-7H3/t19-/m0/s1. The second-order valence-electron chi connectivity index (χ2n) is 8.96. The molecule has 2 rings (SSSR count). The van der Waals surface area contributed by atoms with Crippen LogP contribution < -0.4 is 5.32 Å². The molecule has 9 heteroatoms. The number of carbonyl (C=O) groups is 3. The number of esters is 3. The third kappa shape index (κ3) is 6.30. The van der Waals surface area contributed by atoms with Crippen molar-refractivity contribution in [3.05, 3.63) is 56.3 Å². The van der Waals surface area contributed by atoms with Gasteiger partial charge in [0.25, 0.3) is 0 Å². The van der Waals surface area contributed by atoms with Gasteiger partial charge in [0.1, 0.15) is 0 Å². The number of hydrogen-bond donors (Lipinski definition) is 1. The first kappa shape index (κ1) is 26.7. The van der Waals surface area contributed by atoms with E-state index < -0.39 is 36.0 Å². The van der Waals surface area contributed by atoms with Gasteiger partial charge in [-0.1, -0.05) is 35.3 Å². The fourth-order valence-electron chi connectivity index (χ4n) is 3.30. The molecule has 1 heterocycles. The Morgan fingerprint density at radius 3 is 2.12 bits per heavy atom. The second kappa shape index (κ2) is 10.6. The average Bonchev–Trinajstić information content (AvgIpc) is 2.67. The zero-order chi connectivity index (χ0) is 25.1. The molecule has 1 N–H and O–H groups in total. The normalized spacial score (nSPS) is 16.5. The van der Waals surface area contributed by atoms with E-state index in [0.29, 0.717) is 17.0 Å². The minimum Gasteiger partial charge on any atom is -0.460 e. The summed E-state index contributed by atoms with van der Waals surface area (Å²) in [6.45, 7) is 11.3. The molecule has 0 saturated heterocycles. The topological polar surface area (TPSA) is 90.9 Å². The summed E-state index contributed by atoms with van der Waals surface area (Å²) >= 11 is 12.7. The number of nitrogens with one attached hydrogen (secondary N) is 1. The Morgan fingerprint density at radius 2 is 1.58 bits per heavy atom. The van der Waals surface area contributed by atoms with Crippen LogP contribution in [0.3, 0.4) is 0 Å².